The van der Waals surface area contributed by atoms with Gasteiger partial charge in [0, 0.05) is 25.7 Å². The Kier molecular flexibility index (Phi) is 3.06. The summed E-state index contributed by atoms with van der Waals surface area (Å²) in [5.41, 5.74) is 2.73. The topological polar surface area (TPSA) is 15.3 Å². The summed E-state index contributed by atoms with van der Waals surface area (Å²) in [5, 5.41) is 6.01. The second kappa shape index (κ2) is 4.71. The lowest BCUT2D eigenvalue weighted by atomic mass is 10.0. The lowest BCUT2D eigenvalue weighted by Gasteiger charge is -2.35. The van der Waals surface area contributed by atoms with Crippen molar-refractivity contribution in [3.63, 3.8) is 0 Å². The Morgan fingerprint density at radius 2 is 1.83 bits per heavy atom. The van der Waals surface area contributed by atoms with Crippen LogP contribution >= 0.6 is 0 Å². The number of nitrogens with zero attached hydrogens (tertiary/aromatic N) is 1. The summed E-state index contributed by atoms with van der Waals surface area (Å²) >= 11 is 0. The van der Waals surface area contributed by atoms with E-state index < -0.39 is 0 Å². The summed E-state index contributed by atoms with van der Waals surface area (Å²) in [6.07, 6.45) is 0. The van der Waals surface area contributed by atoms with E-state index >= 15 is 0 Å². The maximum absolute atomic E-state index is 3.32. The molecule has 1 aliphatic rings. The molecule has 1 heterocycles. The Bertz CT molecular complexity index is 558. The Balaban J connectivity index is 1.82. The predicted molar refractivity (Wildman–Crippen MR) is 76.8 cm³/mol. The van der Waals surface area contributed by atoms with E-state index in [9.17, 15) is 0 Å². The first-order chi connectivity index (χ1) is 8.72. The molecular weight excluding hydrogens is 220 g/mol. The van der Waals surface area contributed by atoms with Gasteiger partial charge in [-0.25, -0.2) is 0 Å². The Morgan fingerprint density at radius 3 is 2.56 bits per heavy atom. The highest BCUT2D eigenvalue weighted by Crippen LogP contribution is 2.19. The normalized spacial score (nSPS) is 16.2. The van der Waals surface area contributed by atoms with Crippen LogP contribution in [0.1, 0.15) is 11.1 Å². The fraction of sp³-hybridized carbons (Fsp3) is 0.375. The molecule has 0 aliphatic carbocycles. The van der Waals surface area contributed by atoms with Crippen molar-refractivity contribution in [2.24, 2.45) is 0 Å². The van der Waals surface area contributed by atoms with Crippen LogP contribution in [0.15, 0.2) is 36.4 Å². The minimum Gasteiger partial charge on any atom is -0.314 e. The molecule has 2 aromatic carbocycles. The van der Waals surface area contributed by atoms with E-state index in [1.54, 1.807) is 0 Å². The molecule has 1 N–H and O–H groups in total. The minimum atomic E-state index is 0.707. The van der Waals surface area contributed by atoms with Crippen LogP contribution in [-0.4, -0.2) is 31.1 Å². The van der Waals surface area contributed by atoms with E-state index in [-0.39, 0.29) is 0 Å². The minimum absolute atomic E-state index is 0.707. The Morgan fingerprint density at radius 1 is 1.11 bits per heavy atom. The molecule has 0 spiro atoms. The van der Waals surface area contributed by atoms with Crippen molar-refractivity contribution < 1.29 is 0 Å². The van der Waals surface area contributed by atoms with Crippen molar-refractivity contribution in [2.75, 3.05) is 20.1 Å². The van der Waals surface area contributed by atoms with Gasteiger partial charge >= 0.3 is 0 Å². The fourth-order valence-electron chi connectivity index (χ4n) is 2.52. The van der Waals surface area contributed by atoms with Crippen molar-refractivity contribution in [3.8, 4) is 0 Å². The summed E-state index contributed by atoms with van der Waals surface area (Å²) in [5.74, 6) is 0. The third kappa shape index (κ3) is 2.26. The Labute approximate surface area is 109 Å². The van der Waals surface area contributed by atoms with Gasteiger partial charge in [0.15, 0.2) is 0 Å². The van der Waals surface area contributed by atoms with Crippen LogP contribution < -0.4 is 5.32 Å². The van der Waals surface area contributed by atoms with Crippen LogP contribution in [0.5, 0.6) is 0 Å². The molecule has 0 aromatic heterocycles. The van der Waals surface area contributed by atoms with Gasteiger partial charge < -0.3 is 5.32 Å². The number of nitrogens with one attached hydrogen (secondary N) is 1. The lowest BCUT2D eigenvalue weighted by molar-refractivity contribution is 0.173. The summed E-state index contributed by atoms with van der Waals surface area (Å²) in [4.78, 5) is 2.44. The van der Waals surface area contributed by atoms with E-state index in [2.05, 4.69) is 60.6 Å². The first kappa shape index (κ1) is 11.7. The molecular formula is C16H20N2. The maximum Gasteiger partial charge on any atom is 0.0345 e. The van der Waals surface area contributed by atoms with Crippen LogP contribution in [0.4, 0.5) is 0 Å². The van der Waals surface area contributed by atoms with Gasteiger partial charge in [-0.05, 0) is 36.4 Å². The number of fused-ring (bicyclic) bond motifs is 1. The SMILES string of the molecule is Cc1ccc2cc(CN(C)C3CNC3)ccc2c1. The van der Waals surface area contributed by atoms with Gasteiger partial charge in [0.05, 0.1) is 0 Å². The largest absolute Gasteiger partial charge is 0.314 e. The molecule has 0 unspecified atom stereocenters. The predicted octanol–water partition coefficient (Wildman–Crippen LogP) is 2.55. The number of likely N-dealkylation sites (N-methyl/N-ethyl adjacent to an activating group) is 1. The molecule has 94 valence electrons. The smallest absolute Gasteiger partial charge is 0.0345 e. The van der Waals surface area contributed by atoms with Crippen molar-refractivity contribution >= 4 is 10.8 Å². The molecule has 0 saturated carbocycles. The lowest BCUT2D eigenvalue weighted by Crippen LogP contribution is -2.55. The van der Waals surface area contributed by atoms with Gasteiger partial charge in [0.25, 0.3) is 0 Å². The second-order valence-electron chi connectivity index (χ2n) is 5.41. The average molecular weight is 240 g/mol. The third-order valence-corrected chi connectivity index (χ3v) is 3.88. The molecule has 2 nitrogen and oxygen atoms in total. The molecule has 0 atom stereocenters. The summed E-state index contributed by atoms with van der Waals surface area (Å²) in [6.45, 7) is 5.44. The highest BCUT2D eigenvalue weighted by molar-refractivity contribution is 5.83. The van der Waals surface area contributed by atoms with Crippen molar-refractivity contribution in [3.05, 3.63) is 47.5 Å². The summed E-state index contributed by atoms with van der Waals surface area (Å²) in [7, 11) is 2.21. The van der Waals surface area contributed by atoms with Crippen molar-refractivity contribution in [1.82, 2.24) is 10.2 Å². The van der Waals surface area contributed by atoms with E-state index in [0.717, 1.165) is 19.6 Å². The monoisotopic (exact) mass is 240 g/mol. The average Bonchev–Trinajstić information content (AvgIpc) is 2.27. The quantitative estimate of drug-likeness (QED) is 0.887. The number of benzene rings is 2. The third-order valence-electron chi connectivity index (χ3n) is 3.88. The number of rotatable bonds is 3. The zero-order chi connectivity index (χ0) is 12.5. The first-order valence-electron chi connectivity index (χ1n) is 6.62. The van der Waals surface area contributed by atoms with E-state index in [1.165, 1.54) is 21.9 Å². The van der Waals surface area contributed by atoms with E-state index in [0.29, 0.717) is 6.04 Å². The number of aryl methyl sites for hydroxylation is 1. The fourth-order valence-corrected chi connectivity index (χ4v) is 2.52. The zero-order valence-electron chi connectivity index (χ0n) is 11.1. The highest BCUT2D eigenvalue weighted by Gasteiger charge is 2.21. The van der Waals surface area contributed by atoms with Gasteiger partial charge in [0.2, 0.25) is 0 Å². The highest BCUT2D eigenvalue weighted by atomic mass is 15.2. The van der Waals surface area contributed by atoms with Crippen LogP contribution in [0.3, 0.4) is 0 Å². The van der Waals surface area contributed by atoms with Crippen LogP contribution in [-0.2, 0) is 6.54 Å². The number of hydrogen-bond acceptors (Lipinski definition) is 2. The van der Waals surface area contributed by atoms with Gasteiger partial charge in [0.1, 0.15) is 0 Å². The standard InChI is InChI=1S/C16H20N2/c1-12-3-5-15-8-13(4-6-14(15)7-12)11-18(2)16-9-17-10-16/h3-8,16-17H,9-11H2,1-2H3. The van der Waals surface area contributed by atoms with Gasteiger partial charge in [-0.3, -0.25) is 4.90 Å². The zero-order valence-corrected chi connectivity index (χ0v) is 11.1. The van der Waals surface area contributed by atoms with Crippen LogP contribution in [0, 0.1) is 6.92 Å². The van der Waals surface area contributed by atoms with Crippen molar-refractivity contribution in [2.45, 2.75) is 19.5 Å². The molecule has 1 saturated heterocycles. The molecule has 0 bridgehead atoms. The van der Waals surface area contributed by atoms with Gasteiger partial charge in [-0.15, -0.1) is 0 Å². The van der Waals surface area contributed by atoms with Gasteiger partial charge in [-0.1, -0.05) is 35.9 Å². The molecule has 1 aliphatic heterocycles. The molecule has 0 radical (unpaired) electrons. The van der Waals surface area contributed by atoms with E-state index in [4.69, 9.17) is 0 Å². The summed E-state index contributed by atoms with van der Waals surface area (Å²) in [6, 6.07) is 14.2. The molecule has 18 heavy (non-hydrogen) atoms. The maximum atomic E-state index is 3.32. The molecule has 3 rings (SSSR count). The van der Waals surface area contributed by atoms with Crippen molar-refractivity contribution in [1.29, 1.82) is 0 Å². The Hall–Kier alpha value is -1.38. The van der Waals surface area contributed by atoms with E-state index in [1.807, 2.05) is 0 Å². The summed E-state index contributed by atoms with van der Waals surface area (Å²) < 4.78 is 0. The molecule has 2 heteroatoms. The second-order valence-corrected chi connectivity index (χ2v) is 5.41. The first-order valence-corrected chi connectivity index (χ1v) is 6.62. The van der Waals surface area contributed by atoms with Crippen LogP contribution in [0.2, 0.25) is 0 Å². The van der Waals surface area contributed by atoms with Crippen LogP contribution in [0.25, 0.3) is 10.8 Å². The van der Waals surface area contributed by atoms with Gasteiger partial charge in [-0.2, -0.15) is 0 Å². The molecule has 1 fully saturated rings. The molecule has 2 aromatic rings. The molecule has 0 amide bonds. The number of hydrogen-bond donors (Lipinski definition) is 1.